The Balaban J connectivity index is 1.75. The highest BCUT2D eigenvalue weighted by Crippen LogP contribution is 2.45. The lowest BCUT2D eigenvalue weighted by molar-refractivity contribution is -0.137. The molecular weight excluding hydrogens is 321 g/mol. The third-order valence-corrected chi connectivity index (χ3v) is 4.65. The molecule has 2 aliphatic rings. The number of fused-ring (bicyclic) bond motifs is 1. The summed E-state index contributed by atoms with van der Waals surface area (Å²) in [7, 11) is 1.61. The summed E-state index contributed by atoms with van der Waals surface area (Å²) in [5.74, 6) is 0.740. The first-order chi connectivity index (χ1) is 10.4. The Morgan fingerprint density at radius 3 is 2.91 bits per heavy atom. The van der Waals surface area contributed by atoms with Crippen molar-refractivity contribution in [3.05, 3.63) is 22.8 Å². The molecule has 1 N–H and O–H groups in total. The van der Waals surface area contributed by atoms with Crippen LogP contribution in [0.3, 0.4) is 0 Å². The van der Waals surface area contributed by atoms with E-state index in [9.17, 15) is 13.2 Å². The zero-order valence-corrected chi connectivity index (χ0v) is 12.6. The second kappa shape index (κ2) is 5.86. The van der Waals surface area contributed by atoms with Crippen molar-refractivity contribution in [2.45, 2.75) is 24.7 Å². The number of aromatic nitrogens is 1. The fourth-order valence-corrected chi connectivity index (χ4v) is 3.51. The van der Waals surface area contributed by atoms with Crippen molar-refractivity contribution in [3.8, 4) is 0 Å². The predicted octanol–water partition coefficient (Wildman–Crippen LogP) is 3.22. The number of ether oxygens (including phenoxy) is 2. The van der Waals surface area contributed by atoms with Crippen molar-refractivity contribution in [2.24, 2.45) is 11.8 Å². The first kappa shape index (κ1) is 15.8. The molecule has 0 aromatic carbocycles. The van der Waals surface area contributed by atoms with Gasteiger partial charge in [-0.3, -0.25) is 0 Å². The molecule has 0 bridgehead atoms. The molecular formula is C14H16ClF3N2O2. The molecule has 1 aliphatic heterocycles. The molecule has 22 heavy (non-hydrogen) atoms. The molecule has 1 aromatic rings. The van der Waals surface area contributed by atoms with Gasteiger partial charge in [0.15, 0.2) is 0 Å². The zero-order valence-electron chi connectivity index (χ0n) is 11.9. The van der Waals surface area contributed by atoms with Crippen LogP contribution in [-0.4, -0.2) is 37.5 Å². The van der Waals surface area contributed by atoms with Crippen molar-refractivity contribution in [1.82, 2.24) is 4.98 Å². The summed E-state index contributed by atoms with van der Waals surface area (Å²) < 4.78 is 48.7. The summed E-state index contributed by atoms with van der Waals surface area (Å²) in [6.07, 6.45) is -2.60. The first-order valence-electron chi connectivity index (χ1n) is 7.01. The molecule has 0 radical (unpaired) electrons. The summed E-state index contributed by atoms with van der Waals surface area (Å²) in [5, 5.41) is 3.13. The number of anilines is 1. The van der Waals surface area contributed by atoms with E-state index in [1.807, 2.05) is 0 Å². The summed E-state index contributed by atoms with van der Waals surface area (Å²) in [4.78, 5) is 3.83. The van der Waals surface area contributed by atoms with E-state index < -0.39 is 11.7 Å². The van der Waals surface area contributed by atoms with Crippen molar-refractivity contribution < 1.29 is 22.6 Å². The van der Waals surface area contributed by atoms with Crippen LogP contribution in [0, 0.1) is 11.8 Å². The lowest BCUT2D eigenvalue weighted by Crippen LogP contribution is -2.58. The average Bonchev–Trinajstić information content (AvgIpc) is 2.86. The van der Waals surface area contributed by atoms with Crippen LogP contribution in [0.1, 0.15) is 12.0 Å². The van der Waals surface area contributed by atoms with E-state index in [1.165, 1.54) is 0 Å². The number of hydrogen-bond acceptors (Lipinski definition) is 4. The maximum Gasteiger partial charge on any atom is 0.417 e. The van der Waals surface area contributed by atoms with Crippen LogP contribution >= 0.6 is 11.6 Å². The molecule has 2 heterocycles. The summed E-state index contributed by atoms with van der Waals surface area (Å²) in [5.41, 5.74) is -0.854. The highest BCUT2D eigenvalue weighted by molar-refractivity contribution is 6.33. The number of hydrogen-bond donors (Lipinski definition) is 1. The molecule has 1 saturated heterocycles. The summed E-state index contributed by atoms with van der Waals surface area (Å²) in [6, 6.07) is 0.943. The van der Waals surface area contributed by atoms with E-state index in [-0.39, 0.29) is 28.9 Å². The normalized spacial score (nSPS) is 30.8. The van der Waals surface area contributed by atoms with E-state index >= 15 is 0 Å². The van der Waals surface area contributed by atoms with Crippen molar-refractivity contribution >= 4 is 17.4 Å². The Morgan fingerprint density at radius 1 is 1.50 bits per heavy atom. The van der Waals surface area contributed by atoms with Gasteiger partial charge < -0.3 is 14.8 Å². The van der Waals surface area contributed by atoms with Crippen LogP contribution in [0.5, 0.6) is 0 Å². The van der Waals surface area contributed by atoms with Crippen molar-refractivity contribution in [3.63, 3.8) is 0 Å². The third-order valence-electron chi connectivity index (χ3n) is 4.36. The highest BCUT2D eigenvalue weighted by atomic mass is 35.5. The van der Waals surface area contributed by atoms with Crippen molar-refractivity contribution in [2.75, 3.05) is 25.6 Å². The number of halogens is 4. The molecule has 122 valence electrons. The van der Waals surface area contributed by atoms with Crippen LogP contribution in [0.15, 0.2) is 12.3 Å². The molecule has 3 rings (SSSR count). The monoisotopic (exact) mass is 336 g/mol. The third kappa shape index (κ3) is 2.77. The van der Waals surface area contributed by atoms with E-state index in [0.29, 0.717) is 19.1 Å². The second-order valence-corrected chi connectivity index (χ2v) is 6.04. The number of pyridine rings is 1. The van der Waals surface area contributed by atoms with Gasteiger partial charge in [0, 0.05) is 37.8 Å². The van der Waals surface area contributed by atoms with E-state index in [2.05, 4.69) is 10.3 Å². The van der Waals surface area contributed by atoms with Gasteiger partial charge in [-0.2, -0.15) is 13.2 Å². The van der Waals surface area contributed by atoms with Gasteiger partial charge in [0.1, 0.15) is 5.82 Å². The van der Waals surface area contributed by atoms with E-state index in [4.69, 9.17) is 21.1 Å². The van der Waals surface area contributed by atoms with Crippen molar-refractivity contribution in [1.29, 1.82) is 0 Å². The van der Waals surface area contributed by atoms with Gasteiger partial charge in [-0.05, 0) is 12.5 Å². The standard InChI is InChI=1S/C14H16ClF3N2O2/c1-21-6-9-11(8-2-3-22-12(8)9)20-13-10(15)4-7(5-19-13)14(16,17)18/h4-5,8-9,11-12H,2-3,6H2,1H3,(H,19,20)/t8-,9+,11-,12-/m1/s1. The van der Waals surface area contributed by atoms with Gasteiger partial charge in [-0.25, -0.2) is 4.98 Å². The Kier molecular flexibility index (Phi) is 4.22. The predicted molar refractivity (Wildman–Crippen MR) is 74.9 cm³/mol. The first-order valence-corrected chi connectivity index (χ1v) is 7.39. The zero-order chi connectivity index (χ0) is 15.9. The Hall–Kier alpha value is -1.05. The fraction of sp³-hybridized carbons (Fsp3) is 0.643. The molecule has 1 saturated carbocycles. The maximum absolute atomic E-state index is 12.6. The van der Waals surface area contributed by atoms with Gasteiger partial charge in [0.05, 0.1) is 23.3 Å². The highest BCUT2D eigenvalue weighted by Gasteiger charge is 2.54. The van der Waals surface area contributed by atoms with Crippen LogP contribution in [0.4, 0.5) is 19.0 Å². The lowest BCUT2D eigenvalue weighted by atomic mass is 9.67. The Morgan fingerprint density at radius 2 is 2.27 bits per heavy atom. The minimum atomic E-state index is -4.45. The lowest BCUT2D eigenvalue weighted by Gasteiger charge is -2.47. The fourth-order valence-electron chi connectivity index (χ4n) is 3.29. The number of rotatable bonds is 4. The number of alkyl halides is 3. The summed E-state index contributed by atoms with van der Waals surface area (Å²) >= 11 is 5.94. The number of methoxy groups -OCH3 is 1. The van der Waals surface area contributed by atoms with Crippen LogP contribution < -0.4 is 5.32 Å². The number of nitrogens with one attached hydrogen (secondary N) is 1. The average molecular weight is 337 g/mol. The molecule has 8 heteroatoms. The minimum absolute atomic E-state index is 0.0339. The molecule has 1 aromatic heterocycles. The quantitative estimate of drug-likeness (QED) is 0.917. The second-order valence-electron chi connectivity index (χ2n) is 5.63. The van der Waals surface area contributed by atoms with E-state index in [1.54, 1.807) is 7.11 Å². The molecule has 1 aliphatic carbocycles. The molecule has 2 fully saturated rings. The van der Waals surface area contributed by atoms with E-state index in [0.717, 1.165) is 18.7 Å². The Labute approximate surface area is 131 Å². The van der Waals surface area contributed by atoms with Gasteiger partial charge in [-0.15, -0.1) is 0 Å². The van der Waals surface area contributed by atoms with Gasteiger partial charge in [0.2, 0.25) is 0 Å². The largest absolute Gasteiger partial charge is 0.417 e. The van der Waals surface area contributed by atoms with Crippen LogP contribution in [-0.2, 0) is 15.7 Å². The maximum atomic E-state index is 12.6. The van der Waals surface area contributed by atoms with Crippen LogP contribution in [0.2, 0.25) is 5.02 Å². The van der Waals surface area contributed by atoms with Gasteiger partial charge >= 0.3 is 6.18 Å². The van der Waals surface area contributed by atoms with Gasteiger partial charge in [0.25, 0.3) is 0 Å². The minimum Gasteiger partial charge on any atom is -0.384 e. The Bertz CT molecular complexity index is 555. The number of nitrogens with zero attached hydrogens (tertiary/aromatic N) is 1. The SMILES string of the molecule is COC[C@H]1[C@H](Nc2ncc(C(F)(F)F)cc2Cl)[C@H]2CCO[C@H]21. The molecule has 0 unspecified atom stereocenters. The molecule has 4 nitrogen and oxygen atoms in total. The summed E-state index contributed by atoms with van der Waals surface area (Å²) in [6.45, 7) is 1.22. The topological polar surface area (TPSA) is 43.4 Å². The smallest absolute Gasteiger partial charge is 0.384 e. The molecule has 4 atom stereocenters. The van der Waals surface area contributed by atoms with Crippen LogP contribution in [0.25, 0.3) is 0 Å². The molecule has 0 spiro atoms. The molecule has 0 amide bonds. The van der Waals surface area contributed by atoms with Gasteiger partial charge in [-0.1, -0.05) is 11.6 Å².